The summed E-state index contributed by atoms with van der Waals surface area (Å²) in [5.74, 6) is -1.61. The summed E-state index contributed by atoms with van der Waals surface area (Å²) >= 11 is 0. The van der Waals surface area contributed by atoms with Crippen molar-refractivity contribution >= 4 is 0 Å². The molecule has 0 radical (unpaired) electrons. The van der Waals surface area contributed by atoms with E-state index in [0.717, 1.165) is 5.56 Å². The fraction of sp³-hybridized carbons (Fsp3) is 0.320. The molecule has 0 unspecified atom stereocenters. The Bertz CT molecular complexity index is 1240. The van der Waals surface area contributed by atoms with Gasteiger partial charge in [0.05, 0.1) is 0 Å². The molecule has 0 aliphatic heterocycles. The van der Waals surface area contributed by atoms with Gasteiger partial charge in [0.25, 0.3) is 0 Å². The molecule has 0 saturated heterocycles. The average Bonchev–Trinajstić information content (AvgIpc) is 2.72. The Hall–Kier alpha value is -2.41. The van der Waals surface area contributed by atoms with Crippen LogP contribution in [0.25, 0.3) is 22.4 Å². The van der Waals surface area contributed by atoms with Crippen molar-refractivity contribution in [1.82, 2.24) is 0 Å². The maximum Gasteiger partial charge on any atom is 0.212 e. The van der Waals surface area contributed by atoms with Gasteiger partial charge in [-0.1, -0.05) is 50.2 Å². The molecule has 1 aromatic heterocycles. The number of benzene rings is 2. The van der Waals surface area contributed by atoms with Gasteiger partial charge in [0.15, 0.2) is 6.20 Å². The number of hydrogen-bond acceptors (Lipinski definition) is 0. The SMILES string of the molecule is [2H]C([2H])([2H])c1cc(C)c(-c2cc(C([2H])([2H])C([2H])(C)C)c(C([2H])([2H])[2H])c[n+]2C)cc1-c1ccccc1. The summed E-state index contributed by atoms with van der Waals surface area (Å²) in [4.78, 5) is 0. The first-order valence-electron chi connectivity index (χ1n) is 13.1. The number of hydrogen-bond donors (Lipinski definition) is 0. The third-order valence-corrected chi connectivity index (χ3v) is 4.38. The van der Waals surface area contributed by atoms with Gasteiger partial charge in [-0.25, -0.2) is 4.57 Å². The van der Waals surface area contributed by atoms with E-state index >= 15 is 0 Å². The maximum absolute atomic E-state index is 8.66. The van der Waals surface area contributed by atoms with E-state index in [4.69, 9.17) is 12.3 Å². The van der Waals surface area contributed by atoms with Crippen molar-refractivity contribution in [2.24, 2.45) is 12.9 Å². The Labute approximate surface area is 171 Å². The molecule has 0 aliphatic carbocycles. The standard InChI is InChI=1S/C25H30N/c1-17(2)12-22-14-25(26(6)16-20(22)5)24-15-23(18(3)13-19(24)4)21-10-8-7-9-11-21/h7-11,13-17H,12H2,1-6H3/q+1/i3D3,5D3,12D2,17D. The van der Waals surface area contributed by atoms with Crippen molar-refractivity contribution in [2.75, 3.05) is 0 Å². The first-order valence-corrected chi connectivity index (χ1v) is 8.61. The Morgan fingerprint density at radius 2 is 1.73 bits per heavy atom. The minimum Gasteiger partial charge on any atom is -0.201 e. The molecule has 0 N–H and O–H groups in total. The zero-order valence-corrected chi connectivity index (χ0v) is 15.6. The van der Waals surface area contributed by atoms with Gasteiger partial charge in [-0.05, 0) is 66.8 Å². The van der Waals surface area contributed by atoms with Crippen LogP contribution in [0, 0.1) is 26.5 Å². The normalized spacial score (nSPS) is 18.2. The molecule has 1 heteroatoms. The number of rotatable bonds is 4. The summed E-state index contributed by atoms with van der Waals surface area (Å²) in [6.07, 6.45) is -0.880. The number of pyridine rings is 1. The van der Waals surface area contributed by atoms with Gasteiger partial charge in [0.2, 0.25) is 5.69 Å². The van der Waals surface area contributed by atoms with E-state index in [1.807, 2.05) is 30.3 Å². The van der Waals surface area contributed by atoms with Crippen molar-refractivity contribution in [3.8, 4) is 22.4 Å². The molecule has 1 nitrogen and oxygen atoms in total. The van der Waals surface area contributed by atoms with Crippen molar-refractivity contribution in [3.05, 3.63) is 77.0 Å². The molecule has 0 saturated carbocycles. The second kappa shape index (κ2) is 7.45. The lowest BCUT2D eigenvalue weighted by atomic mass is 9.91. The summed E-state index contributed by atoms with van der Waals surface area (Å²) in [6, 6.07) is 14.0. The highest BCUT2D eigenvalue weighted by Crippen LogP contribution is 2.31. The van der Waals surface area contributed by atoms with Gasteiger partial charge in [0.1, 0.15) is 7.05 Å². The molecular formula is C25H30N+. The fourth-order valence-corrected chi connectivity index (χ4v) is 3.13. The van der Waals surface area contributed by atoms with Crippen LogP contribution in [0.3, 0.4) is 0 Å². The quantitative estimate of drug-likeness (QED) is 0.509. The lowest BCUT2D eigenvalue weighted by molar-refractivity contribution is -0.660. The Kier molecular flexibility index (Phi) is 2.88. The molecule has 3 aromatic rings. The number of aromatic nitrogens is 1. The van der Waals surface area contributed by atoms with Gasteiger partial charge < -0.3 is 0 Å². The summed E-state index contributed by atoms with van der Waals surface area (Å²) < 4.78 is 75.4. The highest BCUT2D eigenvalue weighted by atomic mass is 14.9. The minimum atomic E-state index is -2.58. The van der Waals surface area contributed by atoms with Gasteiger partial charge >= 0.3 is 0 Å². The van der Waals surface area contributed by atoms with Gasteiger partial charge in [-0.2, -0.15) is 0 Å². The van der Waals surface area contributed by atoms with Crippen LogP contribution < -0.4 is 4.57 Å². The van der Waals surface area contributed by atoms with Gasteiger partial charge in [-0.15, -0.1) is 0 Å². The molecule has 3 rings (SSSR count). The van der Waals surface area contributed by atoms with Crippen molar-refractivity contribution in [1.29, 1.82) is 0 Å². The van der Waals surface area contributed by atoms with Crippen molar-refractivity contribution in [2.45, 2.75) is 40.8 Å². The Morgan fingerprint density at radius 3 is 2.38 bits per heavy atom. The first kappa shape index (κ1) is 10.1. The molecule has 0 amide bonds. The Balaban J connectivity index is 2.40. The van der Waals surface area contributed by atoms with Crippen LogP contribution in [0.15, 0.2) is 54.7 Å². The zero-order chi connectivity index (χ0) is 26.6. The first-order chi connectivity index (χ1) is 15.9. The monoisotopic (exact) mass is 353 g/mol. The number of nitrogens with zero attached hydrogens (tertiary/aromatic N) is 1. The van der Waals surface area contributed by atoms with Crippen LogP contribution in [-0.2, 0) is 13.4 Å². The van der Waals surface area contributed by atoms with Crippen LogP contribution in [0.4, 0.5) is 0 Å². The molecule has 0 spiro atoms. The lowest BCUT2D eigenvalue weighted by Gasteiger charge is -2.14. The maximum atomic E-state index is 8.66. The lowest BCUT2D eigenvalue weighted by Crippen LogP contribution is -2.32. The minimum absolute atomic E-state index is 0.0776. The summed E-state index contributed by atoms with van der Waals surface area (Å²) in [5, 5.41) is 0. The molecule has 1 heterocycles. The van der Waals surface area contributed by atoms with Crippen molar-refractivity contribution in [3.63, 3.8) is 0 Å². The van der Waals surface area contributed by atoms with E-state index in [2.05, 4.69) is 0 Å². The van der Waals surface area contributed by atoms with Crippen LogP contribution in [-0.4, -0.2) is 0 Å². The predicted molar refractivity (Wildman–Crippen MR) is 111 cm³/mol. The molecule has 2 aromatic carbocycles. The average molecular weight is 354 g/mol. The molecule has 134 valence electrons. The Morgan fingerprint density at radius 1 is 1.00 bits per heavy atom. The van der Waals surface area contributed by atoms with Crippen LogP contribution in [0.1, 0.15) is 48.4 Å². The molecule has 26 heavy (non-hydrogen) atoms. The van der Waals surface area contributed by atoms with E-state index in [1.165, 1.54) is 26.1 Å². The fourth-order valence-electron chi connectivity index (χ4n) is 3.13. The van der Waals surface area contributed by atoms with Crippen molar-refractivity contribution < 1.29 is 16.9 Å². The molecule has 0 fully saturated rings. The topological polar surface area (TPSA) is 3.88 Å². The van der Waals surface area contributed by atoms with Gasteiger partial charge in [-0.3, -0.25) is 0 Å². The van der Waals surface area contributed by atoms with E-state index < -0.39 is 26.0 Å². The third-order valence-electron chi connectivity index (χ3n) is 4.38. The summed E-state index contributed by atoms with van der Waals surface area (Å²) in [7, 11) is 1.68. The highest BCUT2D eigenvalue weighted by molar-refractivity contribution is 5.75. The number of aryl methyl sites for hydroxylation is 4. The van der Waals surface area contributed by atoms with Crippen LogP contribution in [0.5, 0.6) is 0 Å². The molecular weight excluding hydrogens is 314 g/mol. The highest BCUT2D eigenvalue weighted by Gasteiger charge is 2.18. The molecule has 0 bridgehead atoms. The second-order valence-electron chi connectivity index (χ2n) is 6.80. The van der Waals surface area contributed by atoms with E-state index in [9.17, 15) is 0 Å². The third kappa shape index (κ3) is 3.72. The van der Waals surface area contributed by atoms with E-state index in [-0.39, 0.29) is 16.7 Å². The molecule has 0 atom stereocenters. The largest absolute Gasteiger partial charge is 0.212 e. The van der Waals surface area contributed by atoms with E-state index in [1.54, 1.807) is 30.7 Å². The van der Waals surface area contributed by atoms with E-state index in [0.29, 0.717) is 22.4 Å². The smallest absolute Gasteiger partial charge is 0.201 e. The zero-order valence-electron chi connectivity index (χ0n) is 24.6. The second-order valence-corrected chi connectivity index (χ2v) is 6.80. The van der Waals surface area contributed by atoms with Crippen LogP contribution >= 0.6 is 0 Å². The van der Waals surface area contributed by atoms with Gasteiger partial charge in [0, 0.05) is 29.5 Å². The van der Waals surface area contributed by atoms with Crippen LogP contribution in [0.2, 0.25) is 0 Å². The predicted octanol–water partition coefficient (Wildman–Crippen LogP) is 5.97. The summed E-state index contributed by atoms with van der Waals surface area (Å²) in [5.41, 5.74) is 3.05. The molecule has 0 aliphatic rings. The summed E-state index contributed by atoms with van der Waals surface area (Å²) in [6.45, 7) is -0.335.